The number of para-hydroxylation sites is 1. The van der Waals surface area contributed by atoms with Crippen LogP contribution in [0.4, 0.5) is 0 Å². The van der Waals surface area contributed by atoms with E-state index in [1.165, 1.54) is 5.56 Å². The standard InChI is InChI=1S/C20H21NO2/c22-20(19-14-16-9-4-5-11-18(16)23-19)21-12-6-10-17(21)13-15-7-2-1-3-8-15/h1-5,7-9,11,17,19H,6,10,12-14H2/t17-,19+/m0/s1. The number of benzene rings is 2. The summed E-state index contributed by atoms with van der Waals surface area (Å²) in [6.45, 7) is 0.854. The van der Waals surface area contributed by atoms with Gasteiger partial charge in [0.1, 0.15) is 5.75 Å². The zero-order chi connectivity index (χ0) is 15.6. The Labute approximate surface area is 136 Å². The Kier molecular flexibility index (Phi) is 3.78. The Morgan fingerprint density at radius 2 is 1.87 bits per heavy atom. The summed E-state index contributed by atoms with van der Waals surface area (Å²) in [5, 5.41) is 0. The summed E-state index contributed by atoms with van der Waals surface area (Å²) in [5.41, 5.74) is 2.44. The van der Waals surface area contributed by atoms with E-state index in [2.05, 4.69) is 24.3 Å². The van der Waals surface area contributed by atoms with Gasteiger partial charge in [0, 0.05) is 19.0 Å². The fourth-order valence-corrected chi connectivity index (χ4v) is 3.73. The van der Waals surface area contributed by atoms with Crippen molar-refractivity contribution in [2.75, 3.05) is 6.54 Å². The fraction of sp³-hybridized carbons (Fsp3) is 0.350. The van der Waals surface area contributed by atoms with Crippen molar-refractivity contribution in [2.24, 2.45) is 0 Å². The highest BCUT2D eigenvalue weighted by Crippen LogP contribution is 2.31. The van der Waals surface area contributed by atoms with Gasteiger partial charge in [0.15, 0.2) is 6.10 Å². The zero-order valence-corrected chi connectivity index (χ0v) is 13.2. The Morgan fingerprint density at radius 1 is 1.09 bits per heavy atom. The second-order valence-electron chi connectivity index (χ2n) is 6.44. The van der Waals surface area contributed by atoms with Crippen LogP contribution in [0.25, 0.3) is 0 Å². The van der Waals surface area contributed by atoms with Crippen molar-refractivity contribution < 1.29 is 9.53 Å². The zero-order valence-electron chi connectivity index (χ0n) is 13.2. The molecule has 0 N–H and O–H groups in total. The van der Waals surface area contributed by atoms with E-state index in [9.17, 15) is 4.79 Å². The number of fused-ring (bicyclic) bond motifs is 1. The van der Waals surface area contributed by atoms with Crippen LogP contribution >= 0.6 is 0 Å². The normalized spacial score (nSPS) is 22.7. The van der Waals surface area contributed by atoms with Gasteiger partial charge < -0.3 is 9.64 Å². The number of ether oxygens (including phenoxy) is 1. The van der Waals surface area contributed by atoms with Crippen LogP contribution in [-0.4, -0.2) is 29.5 Å². The minimum Gasteiger partial charge on any atom is -0.480 e. The topological polar surface area (TPSA) is 29.5 Å². The number of nitrogens with zero attached hydrogens (tertiary/aromatic N) is 1. The molecule has 0 aliphatic carbocycles. The highest BCUT2D eigenvalue weighted by Gasteiger charge is 2.37. The number of amides is 1. The highest BCUT2D eigenvalue weighted by molar-refractivity contribution is 5.83. The van der Waals surface area contributed by atoms with Crippen molar-refractivity contribution in [3.05, 3.63) is 65.7 Å². The van der Waals surface area contributed by atoms with Crippen LogP contribution in [-0.2, 0) is 17.6 Å². The van der Waals surface area contributed by atoms with Crippen LogP contribution in [0.3, 0.4) is 0 Å². The maximum atomic E-state index is 12.9. The molecule has 0 saturated carbocycles. The Bertz CT molecular complexity index is 673. The van der Waals surface area contributed by atoms with Crippen molar-refractivity contribution in [3.8, 4) is 5.75 Å². The molecule has 0 bridgehead atoms. The summed E-state index contributed by atoms with van der Waals surface area (Å²) in [5.74, 6) is 1.02. The SMILES string of the molecule is O=C([C@H]1Cc2ccccc2O1)N1CCC[C@H]1Cc1ccccc1. The molecule has 0 spiro atoms. The minimum atomic E-state index is -0.344. The third kappa shape index (κ3) is 2.83. The Hall–Kier alpha value is -2.29. The Morgan fingerprint density at radius 3 is 2.70 bits per heavy atom. The molecule has 2 aliphatic rings. The highest BCUT2D eigenvalue weighted by atomic mass is 16.5. The molecule has 0 radical (unpaired) electrons. The first kappa shape index (κ1) is 14.3. The number of carbonyl (C=O) groups is 1. The quantitative estimate of drug-likeness (QED) is 0.871. The van der Waals surface area contributed by atoms with Gasteiger partial charge in [-0.2, -0.15) is 0 Å². The molecular weight excluding hydrogens is 286 g/mol. The molecule has 2 aromatic carbocycles. The number of hydrogen-bond acceptors (Lipinski definition) is 2. The largest absolute Gasteiger partial charge is 0.480 e. The van der Waals surface area contributed by atoms with E-state index < -0.39 is 0 Å². The maximum absolute atomic E-state index is 12.9. The summed E-state index contributed by atoms with van der Waals surface area (Å²) in [7, 11) is 0. The molecule has 23 heavy (non-hydrogen) atoms. The minimum absolute atomic E-state index is 0.152. The molecule has 0 unspecified atom stereocenters. The van der Waals surface area contributed by atoms with Crippen LogP contribution in [0, 0.1) is 0 Å². The molecule has 2 aromatic rings. The predicted octanol–water partition coefficient (Wildman–Crippen LogP) is 3.22. The van der Waals surface area contributed by atoms with Gasteiger partial charge in [-0.15, -0.1) is 0 Å². The molecule has 4 rings (SSSR count). The third-order valence-corrected chi connectivity index (χ3v) is 4.90. The second-order valence-corrected chi connectivity index (χ2v) is 6.44. The number of rotatable bonds is 3. The molecule has 2 atom stereocenters. The molecule has 2 aliphatic heterocycles. The second kappa shape index (κ2) is 6.07. The lowest BCUT2D eigenvalue weighted by Gasteiger charge is -2.27. The van der Waals surface area contributed by atoms with Crippen LogP contribution in [0.1, 0.15) is 24.0 Å². The van der Waals surface area contributed by atoms with Gasteiger partial charge in [-0.3, -0.25) is 4.79 Å². The van der Waals surface area contributed by atoms with E-state index >= 15 is 0 Å². The lowest BCUT2D eigenvalue weighted by molar-refractivity contribution is -0.138. The van der Waals surface area contributed by atoms with E-state index in [0.29, 0.717) is 12.5 Å². The molecular formula is C20H21NO2. The van der Waals surface area contributed by atoms with Crippen LogP contribution in [0.2, 0.25) is 0 Å². The first-order chi connectivity index (χ1) is 11.3. The average molecular weight is 307 g/mol. The van der Waals surface area contributed by atoms with Gasteiger partial charge >= 0.3 is 0 Å². The van der Waals surface area contributed by atoms with Crippen molar-refractivity contribution >= 4 is 5.91 Å². The van der Waals surface area contributed by atoms with Crippen molar-refractivity contribution in [1.82, 2.24) is 4.90 Å². The van der Waals surface area contributed by atoms with Crippen molar-refractivity contribution in [1.29, 1.82) is 0 Å². The molecule has 118 valence electrons. The first-order valence-corrected chi connectivity index (χ1v) is 8.40. The molecule has 1 fully saturated rings. The van der Waals surface area contributed by atoms with Gasteiger partial charge in [0.2, 0.25) is 0 Å². The van der Waals surface area contributed by atoms with Crippen LogP contribution in [0.5, 0.6) is 5.75 Å². The summed E-state index contributed by atoms with van der Waals surface area (Å²) in [4.78, 5) is 15.0. The smallest absolute Gasteiger partial charge is 0.264 e. The number of likely N-dealkylation sites (tertiary alicyclic amines) is 1. The lowest BCUT2D eigenvalue weighted by Crippen LogP contribution is -2.44. The third-order valence-electron chi connectivity index (χ3n) is 4.90. The van der Waals surface area contributed by atoms with Crippen LogP contribution < -0.4 is 4.74 Å². The number of hydrogen-bond donors (Lipinski definition) is 0. The number of carbonyl (C=O) groups excluding carboxylic acids is 1. The van der Waals surface area contributed by atoms with E-state index in [0.717, 1.165) is 37.1 Å². The summed E-state index contributed by atoms with van der Waals surface area (Å²) in [6, 6.07) is 18.7. The van der Waals surface area contributed by atoms with Crippen molar-refractivity contribution in [3.63, 3.8) is 0 Å². The van der Waals surface area contributed by atoms with Gasteiger partial charge in [-0.25, -0.2) is 0 Å². The summed E-state index contributed by atoms with van der Waals surface area (Å²) >= 11 is 0. The molecule has 2 heterocycles. The Balaban J connectivity index is 1.46. The summed E-state index contributed by atoms with van der Waals surface area (Å²) < 4.78 is 5.89. The average Bonchev–Trinajstić information content (AvgIpc) is 3.21. The molecule has 1 amide bonds. The van der Waals surface area contributed by atoms with Crippen molar-refractivity contribution in [2.45, 2.75) is 37.8 Å². The molecule has 3 heteroatoms. The van der Waals surface area contributed by atoms with E-state index in [4.69, 9.17) is 4.74 Å². The van der Waals surface area contributed by atoms with Gasteiger partial charge in [-0.05, 0) is 36.5 Å². The molecule has 3 nitrogen and oxygen atoms in total. The van der Waals surface area contributed by atoms with E-state index in [1.54, 1.807) is 0 Å². The fourth-order valence-electron chi connectivity index (χ4n) is 3.73. The lowest BCUT2D eigenvalue weighted by atomic mass is 10.0. The van der Waals surface area contributed by atoms with E-state index in [-0.39, 0.29) is 12.0 Å². The maximum Gasteiger partial charge on any atom is 0.264 e. The van der Waals surface area contributed by atoms with Gasteiger partial charge in [0.05, 0.1) is 0 Å². The molecule has 1 saturated heterocycles. The monoisotopic (exact) mass is 307 g/mol. The predicted molar refractivity (Wildman–Crippen MR) is 89.4 cm³/mol. The van der Waals surface area contributed by atoms with Gasteiger partial charge in [0.25, 0.3) is 5.91 Å². The summed E-state index contributed by atoms with van der Waals surface area (Å²) in [6.07, 6.45) is 3.46. The van der Waals surface area contributed by atoms with Crippen LogP contribution in [0.15, 0.2) is 54.6 Å². The molecule has 0 aromatic heterocycles. The first-order valence-electron chi connectivity index (χ1n) is 8.40. The van der Waals surface area contributed by atoms with E-state index in [1.807, 2.05) is 35.2 Å². The van der Waals surface area contributed by atoms with Gasteiger partial charge in [-0.1, -0.05) is 48.5 Å².